The van der Waals surface area contributed by atoms with E-state index in [0.717, 1.165) is 44.6 Å². The van der Waals surface area contributed by atoms with E-state index in [-0.39, 0.29) is 5.56 Å². The molecule has 2 aliphatic rings. The van der Waals surface area contributed by atoms with E-state index in [1.807, 2.05) is 18.2 Å². The molecule has 186 valence electrons. The highest BCUT2D eigenvalue weighted by Gasteiger charge is 2.26. The van der Waals surface area contributed by atoms with Crippen LogP contribution in [0.4, 0.5) is 0 Å². The maximum absolute atomic E-state index is 13.0. The molecular formula is C28H35N3O4. The second kappa shape index (κ2) is 11.5. The minimum absolute atomic E-state index is 0.150. The quantitative estimate of drug-likeness (QED) is 0.425. The number of allylic oxidation sites excluding steroid dienone is 2. The Kier molecular flexibility index (Phi) is 8.18. The number of methoxy groups -OCH3 is 1. The van der Waals surface area contributed by atoms with Gasteiger partial charge in [-0.3, -0.25) is 14.7 Å². The molecule has 0 saturated heterocycles. The van der Waals surface area contributed by atoms with E-state index < -0.39 is 5.97 Å². The highest BCUT2D eigenvalue weighted by molar-refractivity contribution is 5.93. The number of aromatic nitrogens is 2. The van der Waals surface area contributed by atoms with Crippen LogP contribution in [0.2, 0.25) is 0 Å². The van der Waals surface area contributed by atoms with Crippen molar-refractivity contribution in [2.24, 2.45) is 5.92 Å². The summed E-state index contributed by atoms with van der Waals surface area (Å²) in [7, 11) is 1.36. The lowest BCUT2D eigenvalue weighted by Crippen LogP contribution is -2.31. The topological polar surface area (TPSA) is 73.7 Å². The summed E-state index contributed by atoms with van der Waals surface area (Å²) in [5, 5.41) is 0. The van der Waals surface area contributed by atoms with Crippen LogP contribution in [0, 0.1) is 5.92 Å². The molecule has 1 aliphatic carbocycles. The van der Waals surface area contributed by atoms with Gasteiger partial charge in [-0.05, 0) is 44.2 Å². The van der Waals surface area contributed by atoms with E-state index in [1.165, 1.54) is 24.3 Å². The monoisotopic (exact) mass is 477 g/mol. The fraction of sp³-hybridized carbons (Fsp3) is 0.464. The van der Waals surface area contributed by atoms with Gasteiger partial charge in [0.1, 0.15) is 11.3 Å². The van der Waals surface area contributed by atoms with E-state index in [2.05, 4.69) is 29.5 Å². The van der Waals surface area contributed by atoms with Crippen molar-refractivity contribution in [2.75, 3.05) is 33.4 Å². The van der Waals surface area contributed by atoms with E-state index in [0.29, 0.717) is 48.9 Å². The first-order valence-electron chi connectivity index (χ1n) is 12.4. The first kappa shape index (κ1) is 24.9. The van der Waals surface area contributed by atoms with E-state index in [1.54, 1.807) is 10.8 Å². The largest absolute Gasteiger partial charge is 0.492 e. The number of esters is 1. The molecule has 2 aromatic rings. The molecule has 0 radical (unpaired) electrons. The maximum Gasteiger partial charge on any atom is 0.343 e. The second-order valence-corrected chi connectivity index (χ2v) is 9.44. The van der Waals surface area contributed by atoms with Gasteiger partial charge in [-0.15, -0.1) is 0 Å². The first-order chi connectivity index (χ1) is 17.0. The molecule has 0 spiro atoms. The van der Waals surface area contributed by atoms with Crippen LogP contribution in [0.5, 0.6) is 5.75 Å². The van der Waals surface area contributed by atoms with Crippen molar-refractivity contribution in [3.8, 4) is 5.75 Å². The molecule has 7 nitrogen and oxygen atoms in total. The molecule has 2 aromatic heterocycles. The Balaban J connectivity index is 1.49. The van der Waals surface area contributed by atoms with Crippen molar-refractivity contribution in [3.63, 3.8) is 0 Å². The summed E-state index contributed by atoms with van der Waals surface area (Å²) >= 11 is 0. The summed E-state index contributed by atoms with van der Waals surface area (Å²) in [6.07, 6.45) is 8.55. The molecule has 0 N–H and O–H groups in total. The van der Waals surface area contributed by atoms with Crippen LogP contribution in [0.1, 0.15) is 47.9 Å². The lowest BCUT2D eigenvalue weighted by molar-refractivity contribution is 0.0593. The number of carbonyl (C=O) groups is 1. The van der Waals surface area contributed by atoms with Crippen molar-refractivity contribution in [2.45, 2.75) is 45.6 Å². The van der Waals surface area contributed by atoms with Crippen LogP contribution in [0.15, 0.2) is 59.1 Å². The number of hydrogen-bond donors (Lipinski definition) is 0. The van der Waals surface area contributed by atoms with Crippen LogP contribution in [0.25, 0.3) is 0 Å². The van der Waals surface area contributed by atoms with Gasteiger partial charge in [-0.1, -0.05) is 29.9 Å². The predicted molar refractivity (Wildman–Crippen MR) is 136 cm³/mol. The molecule has 0 saturated carbocycles. The highest BCUT2D eigenvalue weighted by atomic mass is 16.5. The molecule has 4 rings (SSSR count). The molecule has 0 amide bonds. The van der Waals surface area contributed by atoms with Crippen LogP contribution < -0.4 is 10.3 Å². The van der Waals surface area contributed by atoms with Gasteiger partial charge in [-0.2, -0.15) is 0 Å². The summed E-state index contributed by atoms with van der Waals surface area (Å²) < 4.78 is 12.7. The third-order valence-corrected chi connectivity index (χ3v) is 7.05. The van der Waals surface area contributed by atoms with Gasteiger partial charge in [0, 0.05) is 62.7 Å². The van der Waals surface area contributed by atoms with Gasteiger partial charge in [0.25, 0.3) is 5.56 Å². The summed E-state index contributed by atoms with van der Waals surface area (Å²) in [6, 6.07) is 7.13. The Hall–Kier alpha value is -3.19. The van der Waals surface area contributed by atoms with Gasteiger partial charge in [0.2, 0.25) is 0 Å². The smallest absolute Gasteiger partial charge is 0.343 e. The Morgan fingerprint density at radius 3 is 2.77 bits per heavy atom. The van der Waals surface area contributed by atoms with Gasteiger partial charge in [-0.25, -0.2) is 4.79 Å². The Morgan fingerprint density at radius 1 is 1.23 bits per heavy atom. The Labute approximate surface area is 207 Å². The lowest BCUT2D eigenvalue weighted by atomic mass is 9.85. The Bertz CT molecular complexity index is 1150. The molecule has 1 atom stereocenters. The lowest BCUT2D eigenvalue weighted by Gasteiger charge is -2.26. The van der Waals surface area contributed by atoms with Gasteiger partial charge in [0.15, 0.2) is 0 Å². The summed E-state index contributed by atoms with van der Waals surface area (Å²) in [5.74, 6) is 0.401. The van der Waals surface area contributed by atoms with Gasteiger partial charge >= 0.3 is 5.97 Å². The van der Waals surface area contributed by atoms with E-state index in [9.17, 15) is 9.59 Å². The van der Waals surface area contributed by atoms with Crippen LogP contribution in [0.3, 0.4) is 0 Å². The molecule has 35 heavy (non-hydrogen) atoms. The molecular weight excluding hydrogens is 442 g/mol. The van der Waals surface area contributed by atoms with E-state index in [4.69, 9.17) is 9.47 Å². The summed E-state index contributed by atoms with van der Waals surface area (Å²) in [6.45, 7) is 9.49. The van der Waals surface area contributed by atoms with Gasteiger partial charge in [0.05, 0.1) is 13.7 Å². The van der Waals surface area contributed by atoms with Crippen LogP contribution in [-0.4, -0.2) is 53.8 Å². The van der Waals surface area contributed by atoms with Crippen LogP contribution >= 0.6 is 0 Å². The van der Waals surface area contributed by atoms with Gasteiger partial charge < -0.3 is 14.0 Å². The molecule has 7 heteroatoms. The zero-order valence-corrected chi connectivity index (χ0v) is 20.8. The fourth-order valence-electron chi connectivity index (χ4n) is 4.97. The third kappa shape index (κ3) is 6.09. The second-order valence-electron chi connectivity index (χ2n) is 9.44. The summed E-state index contributed by atoms with van der Waals surface area (Å²) in [5.41, 5.74) is 4.51. The van der Waals surface area contributed by atoms with Crippen molar-refractivity contribution in [1.82, 2.24) is 14.5 Å². The van der Waals surface area contributed by atoms with Crippen LogP contribution in [-0.2, 0) is 24.1 Å². The van der Waals surface area contributed by atoms with Crippen molar-refractivity contribution < 1.29 is 14.3 Å². The number of carbonyl (C=O) groups excluding carboxylic acids is 1. The number of pyridine rings is 2. The number of nitrogens with zero attached hydrogens (tertiary/aromatic N) is 3. The SMILES string of the molecule is C=C(C)[C@@H]1CC=C(CN2CCc3c(C(=O)OC)c(OCCc4ccccn4)cc(=O)n3CC2)CC1. The maximum atomic E-state index is 13.0. The molecule has 0 aromatic carbocycles. The third-order valence-electron chi connectivity index (χ3n) is 7.05. The first-order valence-corrected chi connectivity index (χ1v) is 12.4. The van der Waals surface area contributed by atoms with E-state index >= 15 is 0 Å². The number of rotatable bonds is 8. The number of hydrogen-bond acceptors (Lipinski definition) is 6. The zero-order valence-electron chi connectivity index (χ0n) is 20.8. The zero-order chi connectivity index (χ0) is 24.8. The molecule has 0 bridgehead atoms. The predicted octanol–water partition coefficient (Wildman–Crippen LogP) is 3.81. The van der Waals surface area contributed by atoms with Crippen molar-refractivity contribution >= 4 is 5.97 Å². The standard InChI is InChI=1S/C28H35N3O4/c1-20(2)22-9-7-21(8-10-22)19-30-14-11-24-27(28(33)34-3)25(18-26(32)31(24)16-15-30)35-17-12-23-6-4-5-13-29-23/h4-7,13,18,22H,1,8-12,14-17,19H2,2-3H3/t22-/m1/s1. The number of ether oxygens (including phenoxy) is 2. The summed E-state index contributed by atoms with van der Waals surface area (Å²) in [4.78, 5) is 32.5. The molecule has 0 unspecified atom stereocenters. The number of fused-ring (bicyclic) bond motifs is 1. The average molecular weight is 478 g/mol. The molecule has 0 fully saturated rings. The normalized spacial score (nSPS) is 18.2. The molecule has 1 aliphatic heterocycles. The Morgan fingerprint density at radius 2 is 2.09 bits per heavy atom. The van der Waals surface area contributed by atoms with Crippen molar-refractivity contribution in [3.05, 3.63) is 81.6 Å². The fourth-order valence-corrected chi connectivity index (χ4v) is 4.97. The average Bonchev–Trinajstić information content (AvgIpc) is 3.08. The minimum Gasteiger partial charge on any atom is -0.492 e. The molecule has 3 heterocycles. The highest BCUT2D eigenvalue weighted by Crippen LogP contribution is 2.29. The minimum atomic E-state index is -0.476. The van der Waals surface area contributed by atoms with Crippen molar-refractivity contribution in [1.29, 1.82) is 0 Å².